The Morgan fingerprint density at radius 3 is 2.36 bits per heavy atom. The highest BCUT2D eigenvalue weighted by Gasteiger charge is 2.44. The summed E-state index contributed by atoms with van der Waals surface area (Å²) < 4.78 is 5.22. The van der Waals surface area contributed by atoms with Crippen LogP contribution >= 0.6 is 23.2 Å². The number of urea groups is 1. The largest absolute Gasteiger partial charge is 0.427 e. The van der Waals surface area contributed by atoms with E-state index in [-0.39, 0.29) is 11.0 Å². The number of hydrogen-bond acceptors (Lipinski definition) is 4. The number of amides is 3. The van der Waals surface area contributed by atoms with Gasteiger partial charge in [-0.15, -0.1) is 0 Å². The molecular formula is C20H18Cl2N2O4. The predicted molar refractivity (Wildman–Crippen MR) is 107 cm³/mol. The number of nitrogens with zero attached hydrogens (tertiary/aromatic N) is 2. The van der Waals surface area contributed by atoms with Crippen LogP contribution in [0.3, 0.4) is 0 Å². The topological polar surface area (TPSA) is 66.9 Å². The van der Waals surface area contributed by atoms with E-state index in [0.717, 1.165) is 4.90 Å². The van der Waals surface area contributed by atoms with Crippen LogP contribution in [0.5, 0.6) is 5.75 Å². The molecular weight excluding hydrogens is 403 g/mol. The van der Waals surface area contributed by atoms with Gasteiger partial charge in [-0.25, -0.2) is 9.69 Å². The normalized spacial score (nSPS) is 16.6. The summed E-state index contributed by atoms with van der Waals surface area (Å²) in [6.45, 7) is 1.89. The minimum Gasteiger partial charge on any atom is -0.427 e. The maximum atomic E-state index is 13.0. The van der Waals surface area contributed by atoms with Crippen molar-refractivity contribution in [1.82, 2.24) is 4.90 Å². The Balaban J connectivity index is 1.84. The van der Waals surface area contributed by atoms with E-state index in [1.165, 1.54) is 17.0 Å². The lowest BCUT2D eigenvalue weighted by Gasteiger charge is -2.16. The standard InChI is InChI=1S/C20H18Cl2N2O4/c1-3-4-17(25)28-14-8-5-12(6-9-14)18-19(26)24(20(27)23(18)2)13-7-10-15(21)16(22)11-13/h5-11,18H,3-4H2,1-2H3. The average Bonchev–Trinajstić information content (AvgIpc) is 2.88. The molecule has 0 bridgehead atoms. The minimum atomic E-state index is -0.789. The van der Waals surface area contributed by atoms with Crippen molar-refractivity contribution in [3.8, 4) is 5.75 Å². The molecule has 1 fully saturated rings. The van der Waals surface area contributed by atoms with Gasteiger partial charge in [0.25, 0.3) is 5.91 Å². The number of anilines is 1. The van der Waals surface area contributed by atoms with Gasteiger partial charge >= 0.3 is 12.0 Å². The molecule has 28 heavy (non-hydrogen) atoms. The number of likely N-dealkylation sites (N-methyl/N-ethyl adjacent to an activating group) is 1. The maximum Gasteiger partial charge on any atom is 0.332 e. The van der Waals surface area contributed by atoms with Gasteiger partial charge in [-0.3, -0.25) is 9.59 Å². The highest BCUT2D eigenvalue weighted by atomic mass is 35.5. The molecule has 0 radical (unpaired) electrons. The summed E-state index contributed by atoms with van der Waals surface area (Å²) in [7, 11) is 1.55. The number of hydrogen-bond donors (Lipinski definition) is 0. The zero-order valence-corrected chi connectivity index (χ0v) is 16.8. The van der Waals surface area contributed by atoms with Crippen molar-refractivity contribution < 1.29 is 19.1 Å². The molecule has 8 heteroatoms. The van der Waals surface area contributed by atoms with Gasteiger partial charge in [0.05, 0.1) is 15.7 Å². The van der Waals surface area contributed by atoms with E-state index in [2.05, 4.69) is 0 Å². The summed E-state index contributed by atoms with van der Waals surface area (Å²) in [5.74, 6) is -0.324. The Bertz CT molecular complexity index is 930. The van der Waals surface area contributed by atoms with Gasteiger partial charge < -0.3 is 9.64 Å². The van der Waals surface area contributed by atoms with Crippen molar-refractivity contribution >= 4 is 46.8 Å². The zero-order chi connectivity index (χ0) is 20.4. The van der Waals surface area contributed by atoms with Crippen molar-refractivity contribution in [1.29, 1.82) is 0 Å². The van der Waals surface area contributed by atoms with Gasteiger partial charge in [0.1, 0.15) is 11.8 Å². The van der Waals surface area contributed by atoms with E-state index >= 15 is 0 Å². The maximum absolute atomic E-state index is 13.0. The highest BCUT2D eigenvalue weighted by Crippen LogP contribution is 2.36. The molecule has 0 aromatic heterocycles. The van der Waals surface area contributed by atoms with Gasteiger partial charge in [0.15, 0.2) is 0 Å². The first kappa shape index (κ1) is 20.2. The Morgan fingerprint density at radius 1 is 1.07 bits per heavy atom. The number of imide groups is 1. The highest BCUT2D eigenvalue weighted by molar-refractivity contribution is 6.42. The molecule has 0 spiro atoms. The molecule has 2 aromatic rings. The average molecular weight is 421 g/mol. The molecule has 1 aliphatic heterocycles. The van der Waals surface area contributed by atoms with Crippen LogP contribution in [-0.4, -0.2) is 29.9 Å². The van der Waals surface area contributed by atoms with Crippen LogP contribution in [0.15, 0.2) is 42.5 Å². The fourth-order valence-electron chi connectivity index (χ4n) is 2.98. The van der Waals surface area contributed by atoms with Crippen LogP contribution in [0.1, 0.15) is 31.4 Å². The molecule has 1 atom stereocenters. The van der Waals surface area contributed by atoms with E-state index in [0.29, 0.717) is 34.9 Å². The van der Waals surface area contributed by atoms with Gasteiger partial charge in [0, 0.05) is 13.5 Å². The number of rotatable bonds is 5. The Hall–Kier alpha value is -2.57. The molecule has 1 heterocycles. The van der Waals surface area contributed by atoms with Gasteiger partial charge in [-0.1, -0.05) is 42.3 Å². The quantitative estimate of drug-likeness (QED) is 0.394. The third kappa shape index (κ3) is 3.84. The summed E-state index contributed by atoms with van der Waals surface area (Å²) in [6.07, 6.45) is 1.03. The number of ether oxygens (including phenoxy) is 1. The Labute approximate surface area is 172 Å². The fraction of sp³-hybridized carbons (Fsp3) is 0.250. The molecule has 3 amide bonds. The van der Waals surface area contributed by atoms with Crippen LogP contribution in [0.4, 0.5) is 10.5 Å². The van der Waals surface area contributed by atoms with E-state index in [1.807, 2.05) is 6.92 Å². The third-order valence-electron chi connectivity index (χ3n) is 4.38. The van der Waals surface area contributed by atoms with Crippen LogP contribution in [-0.2, 0) is 9.59 Å². The summed E-state index contributed by atoms with van der Waals surface area (Å²) in [4.78, 5) is 39.7. The number of halogens is 2. The zero-order valence-electron chi connectivity index (χ0n) is 15.3. The van der Waals surface area contributed by atoms with Crippen molar-refractivity contribution in [2.24, 2.45) is 0 Å². The lowest BCUT2D eigenvalue weighted by Crippen LogP contribution is -2.31. The Kier molecular flexibility index (Phi) is 5.91. The van der Waals surface area contributed by atoms with Gasteiger partial charge in [0.2, 0.25) is 0 Å². The molecule has 1 saturated heterocycles. The van der Waals surface area contributed by atoms with Crippen molar-refractivity contribution in [3.05, 3.63) is 58.1 Å². The van der Waals surface area contributed by atoms with Crippen molar-refractivity contribution in [3.63, 3.8) is 0 Å². The molecule has 146 valence electrons. The number of carbonyl (C=O) groups is 3. The number of esters is 1. The molecule has 0 saturated carbocycles. The fourth-order valence-corrected chi connectivity index (χ4v) is 3.28. The number of carbonyl (C=O) groups excluding carboxylic acids is 3. The molecule has 2 aromatic carbocycles. The van der Waals surface area contributed by atoms with Crippen LogP contribution < -0.4 is 9.64 Å². The minimum absolute atomic E-state index is 0.254. The summed E-state index contributed by atoms with van der Waals surface area (Å²) in [5.41, 5.74) is 0.961. The molecule has 0 N–H and O–H groups in total. The molecule has 0 aliphatic carbocycles. The van der Waals surface area contributed by atoms with E-state index in [4.69, 9.17) is 27.9 Å². The van der Waals surface area contributed by atoms with E-state index in [1.54, 1.807) is 37.4 Å². The summed E-state index contributed by atoms with van der Waals surface area (Å²) in [6, 6.07) is 9.87. The van der Waals surface area contributed by atoms with Gasteiger partial charge in [-0.2, -0.15) is 0 Å². The van der Waals surface area contributed by atoms with Crippen molar-refractivity contribution in [2.75, 3.05) is 11.9 Å². The monoisotopic (exact) mass is 420 g/mol. The SMILES string of the molecule is CCCC(=O)Oc1ccc(C2C(=O)N(c3ccc(Cl)c(Cl)c3)C(=O)N2C)cc1. The lowest BCUT2D eigenvalue weighted by molar-refractivity contribution is -0.134. The summed E-state index contributed by atoms with van der Waals surface area (Å²) >= 11 is 11.9. The van der Waals surface area contributed by atoms with Crippen LogP contribution in [0, 0.1) is 0 Å². The molecule has 1 unspecified atom stereocenters. The molecule has 1 aliphatic rings. The second kappa shape index (κ2) is 8.20. The van der Waals surface area contributed by atoms with E-state index < -0.39 is 18.0 Å². The van der Waals surface area contributed by atoms with Crippen LogP contribution in [0.25, 0.3) is 0 Å². The Morgan fingerprint density at radius 2 is 1.75 bits per heavy atom. The first-order valence-corrected chi connectivity index (χ1v) is 9.45. The second-order valence-electron chi connectivity index (χ2n) is 6.36. The first-order valence-electron chi connectivity index (χ1n) is 8.70. The molecule has 6 nitrogen and oxygen atoms in total. The van der Waals surface area contributed by atoms with E-state index in [9.17, 15) is 14.4 Å². The molecule has 3 rings (SSSR count). The smallest absolute Gasteiger partial charge is 0.332 e. The van der Waals surface area contributed by atoms with Crippen molar-refractivity contribution in [2.45, 2.75) is 25.8 Å². The first-order chi connectivity index (χ1) is 13.3. The van der Waals surface area contributed by atoms with Gasteiger partial charge in [-0.05, 0) is 42.3 Å². The predicted octanol–water partition coefficient (Wildman–Crippen LogP) is 4.84. The second-order valence-corrected chi connectivity index (χ2v) is 7.18. The lowest BCUT2D eigenvalue weighted by atomic mass is 10.1. The third-order valence-corrected chi connectivity index (χ3v) is 5.12. The van der Waals surface area contributed by atoms with Crippen LogP contribution in [0.2, 0.25) is 10.0 Å². The number of benzene rings is 2. The summed E-state index contributed by atoms with van der Waals surface area (Å²) in [5, 5.41) is 0.590.